The molecule has 0 radical (unpaired) electrons. The Kier molecular flexibility index (Phi) is 4.59. The molecule has 2 aliphatic heterocycles. The van der Waals surface area contributed by atoms with E-state index in [4.69, 9.17) is 21.2 Å². The van der Waals surface area contributed by atoms with Crippen LogP contribution in [-0.4, -0.2) is 36.2 Å². The summed E-state index contributed by atoms with van der Waals surface area (Å²) in [7, 11) is 0. The Labute approximate surface area is 195 Å². The Morgan fingerprint density at radius 2 is 1.70 bits per heavy atom. The molecular formula is C25H21ClN2O5. The second-order valence-corrected chi connectivity index (χ2v) is 9.41. The van der Waals surface area contributed by atoms with Crippen molar-refractivity contribution in [2.75, 3.05) is 11.5 Å². The number of hydrogen-bond acceptors (Lipinski definition) is 6. The number of fused-ring (bicyclic) bond motifs is 8. The molecule has 6 atom stereocenters. The number of nitrogens with zero attached hydrogens (tertiary/aromatic N) is 2. The van der Waals surface area contributed by atoms with Gasteiger partial charge in [0.25, 0.3) is 0 Å². The van der Waals surface area contributed by atoms with Crippen molar-refractivity contribution in [3.63, 3.8) is 0 Å². The highest BCUT2D eigenvalue weighted by Crippen LogP contribution is 2.62. The zero-order valence-corrected chi connectivity index (χ0v) is 18.6. The second kappa shape index (κ2) is 7.42. The summed E-state index contributed by atoms with van der Waals surface area (Å²) < 4.78 is 5.01. The molecule has 2 saturated carbocycles. The van der Waals surface area contributed by atoms with E-state index in [1.54, 1.807) is 31.2 Å². The maximum atomic E-state index is 13.5. The first-order valence-electron chi connectivity index (χ1n) is 11.1. The number of carbonyl (C=O) groups excluding carboxylic acids is 3. The fourth-order valence-corrected chi connectivity index (χ4v) is 6.33. The van der Waals surface area contributed by atoms with Gasteiger partial charge in [-0.15, -0.1) is 0 Å². The molecule has 0 aromatic heterocycles. The van der Waals surface area contributed by atoms with Crippen LogP contribution in [0.15, 0.2) is 53.7 Å². The van der Waals surface area contributed by atoms with E-state index in [2.05, 4.69) is 5.16 Å². The van der Waals surface area contributed by atoms with Crippen LogP contribution in [0.3, 0.4) is 0 Å². The first kappa shape index (κ1) is 20.4. The van der Waals surface area contributed by atoms with Gasteiger partial charge in [-0.3, -0.25) is 14.5 Å². The highest BCUT2D eigenvalue weighted by atomic mass is 35.5. The fourth-order valence-electron chi connectivity index (χ4n) is 6.20. The summed E-state index contributed by atoms with van der Waals surface area (Å²) in [6.07, 6.45) is 0.592. The van der Waals surface area contributed by atoms with Crippen molar-refractivity contribution in [3.8, 4) is 0 Å². The number of oxime groups is 1. The highest BCUT2D eigenvalue weighted by molar-refractivity contribution is 6.30. The van der Waals surface area contributed by atoms with Gasteiger partial charge in [-0.2, -0.15) is 0 Å². The van der Waals surface area contributed by atoms with Crippen LogP contribution in [0.1, 0.15) is 29.3 Å². The normalized spacial score (nSPS) is 31.3. The van der Waals surface area contributed by atoms with Crippen molar-refractivity contribution in [1.82, 2.24) is 0 Å². The van der Waals surface area contributed by atoms with Crippen molar-refractivity contribution in [2.24, 2.45) is 34.7 Å². The molecule has 1 saturated heterocycles. The van der Waals surface area contributed by atoms with Gasteiger partial charge in [0, 0.05) is 16.9 Å². The Bertz CT molecular complexity index is 1190. The number of rotatable bonds is 4. The van der Waals surface area contributed by atoms with E-state index in [0.717, 1.165) is 17.7 Å². The molecule has 3 fully saturated rings. The van der Waals surface area contributed by atoms with Crippen LogP contribution in [-0.2, 0) is 19.2 Å². The predicted octanol–water partition coefficient (Wildman–Crippen LogP) is 3.69. The Hall–Kier alpha value is -3.19. The molecule has 6 rings (SSSR count). The van der Waals surface area contributed by atoms with Gasteiger partial charge in [-0.25, -0.2) is 4.79 Å². The van der Waals surface area contributed by atoms with Crippen LogP contribution in [0, 0.1) is 29.6 Å². The maximum absolute atomic E-state index is 13.5. The number of esters is 1. The van der Waals surface area contributed by atoms with Gasteiger partial charge in [0.15, 0.2) is 0 Å². The lowest BCUT2D eigenvalue weighted by atomic mass is 9.71. The molecule has 2 heterocycles. The minimum Gasteiger partial charge on any atom is -0.462 e. The van der Waals surface area contributed by atoms with E-state index >= 15 is 0 Å². The molecule has 2 bridgehead atoms. The highest BCUT2D eigenvalue weighted by Gasteiger charge is 2.70. The van der Waals surface area contributed by atoms with Crippen molar-refractivity contribution in [3.05, 3.63) is 64.7 Å². The van der Waals surface area contributed by atoms with Crippen LogP contribution in [0.25, 0.3) is 0 Å². The number of halogens is 1. The Morgan fingerprint density at radius 1 is 1.03 bits per heavy atom. The fraction of sp³-hybridized carbons (Fsp3) is 0.360. The van der Waals surface area contributed by atoms with Crippen LogP contribution in [0.4, 0.5) is 5.69 Å². The molecule has 2 aliphatic carbocycles. The van der Waals surface area contributed by atoms with Gasteiger partial charge < -0.3 is 9.57 Å². The van der Waals surface area contributed by atoms with E-state index in [1.807, 2.05) is 24.3 Å². The van der Waals surface area contributed by atoms with Gasteiger partial charge in [-0.1, -0.05) is 28.9 Å². The predicted molar refractivity (Wildman–Crippen MR) is 120 cm³/mol. The van der Waals surface area contributed by atoms with Gasteiger partial charge in [0.05, 0.1) is 35.4 Å². The van der Waals surface area contributed by atoms with Gasteiger partial charge >= 0.3 is 5.97 Å². The van der Waals surface area contributed by atoms with E-state index in [-0.39, 0.29) is 48.2 Å². The SMILES string of the molecule is CCOC(=O)c1ccc(N2C(=O)[C@@H]3[C@H]4C[C@H]([C@H]5ON=C(c6ccc(Cl)cc6)[C@H]45)[C@@H]3C2=O)cc1. The molecule has 4 aliphatic rings. The van der Waals surface area contributed by atoms with E-state index in [9.17, 15) is 14.4 Å². The summed E-state index contributed by atoms with van der Waals surface area (Å²) in [6, 6.07) is 13.9. The lowest BCUT2D eigenvalue weighted by Crippen LogP contribution is -2.41. The first-order chi connectivity index (χ1) is 16.0. The molecule has 2 aromatic carbocycles. The van der Waals surface area contributed by atoms with Crippen LogP contribution >= 0.6 is 11.6 Å². The summed E-state index contributed by atoms with van der Waals surface area (Å²) >= 11 is 6.03. The molecule has 8 heteroatoms. The molecule has 2 amide bonds. The average Bonchev–Trinajstić information content (AvgIpc) is 3.55. The Balaban J connectivity index is 1.28. The smallest absolute Gasteiger partial charge is 0.338 e. The molecule has 33 heavy (non-hydrogen) atoms. The zero-order valence-electron chi connectivity index (χ0n) is 17.8. The third kappa shape index (κ3) is 2.88. The number of benzene rings is 2. The third-order valence-electron chi connectivity index (χ3n) is 7.47. The molecule has 0 spiro atoms. The quantitative estimate of drug-likeness (QED) is 0.509. The largest absolute Gasteiger partial charge is 0.462 e. The number of anilines is 1. The van der Waals surface area contributed by atoms with Crippen molar-refractivity contribution >= 4 is 40.8 Å². The lowest BCUT2D eigenvalue weighted by molar-refractivity contribution is -0.125. The first-order valence-corrected chi connectivity index (χ1v) is 11.5. The second-order valence-electron chi connectivity index (χ2n) is 8.97. The van der Waals surface area contributed by atoms with Gasteiger partial charge in [0.2, 0.25) is 11.8 Å². The van der Waals surface area contributed by atoms with Crippen LogP contribution < -0.4 is 4.90 Å². The molecule has 0 N–H and O–H groups in total. The summed E-state index contributed by atoms with van der Waals surface area (Å²) in [6.45, 7) is 2.02. The summed E-state index contributed by atoms with van der Waals surface area (Å²) in [5.41, 5.74) is 2.62. The molecular weight excluding hydrogens is 444 g/mol. The number of hydrogen-bond donors (Lipinski definition) is 0. The Morgan fingerprint density at radius 3 is 2.36 bits per heavy atom. The maximum Gasteiger partial charge on any atom is 0.338 e. The van der Waals surface area contributed by atoms with Crippen molar-refractivity contribution in [2.45, 2.75) is 19.4 Å². The van der Waals surface area contributed by atoms with E-state index < -0.39 is 11.9 Å². The molecule has 0 unspecified atom stereocenters. The monoisotopic (exact) mass is 464 g/mol. The summed E-state index contributed by atoms with van der Waals surface area (Å²) in [5, 5.41) is 4.99. The molecule has 7 nitrogen and oxygen atoms in total. The summed E-state index contributed by atoms with van der Waals surface area (Å²) in [5.74, 6) is -1.63. The third-order valence-corrected chi connectivity index (χ3v) is 7.72. The van der Waals surface area contributed by atoms with E-state index in [0.29, 0.717) is 16.3 Å². The minimum atomic E-state index is -0.433. The number of imide groups is 1. The van der Waals surface area contributed by atoms with Crippen molar-refractivity contribution < 1.29 is 24.0 Å². The zero-order chi connectivity index (χ0) is 22.9. The summed E-state index contributed by atoms with van der Waals surface area (Å²) in [4.78, 5) is 45.9. The molecule has 168 valence electrons. The standard InChI is InChI=1S/C25H21ClN2O5/c1-2-32-25(31)13-5-9-15(10-6-13)28-23(29)18-16-11-17(19(18)24(28)30)22-20(16)21(27-33-22)12-3-7-14(26)8-4-12/h3-10,16-20,22H,2,11H2,1H3/t16-,17+,18-,19+,20+,22-/m1/s1. The van der Waals surface area contributed by atoms with Crippen LogP contribution in [0.5, 0.6) is 0 Å². The number of amides is 2. The lowest BCUT2D eigenvalue weighted by Gasteiger charge is -2.29. The number of ether oxygens (including phenoxy) is 1. The van der Waals surface area contributed by atoms with Crippen LogP contribution in [0.2, 0.25) is 5.02 Å². The topological polar surface area (TPSA) is 85.3 Å². The minimum absolute atomic E-state index is 0.00202. The van der Waals surface area contributed by atoms with Gasteiger partial charge in [-0.05, 0) is 61.2 Å². The number of carbonyl (C=O) groups is 3. The van der Waals surface area contributed by atoms with Gasteiger partial charge in [0.1, 0.15) is 6.10 Å². The average molecular weight is 465 g/mol. The van der Waals surface area contributed by atoms with E-state index in [1.165, 1.54) is 4.90 Å². The molecule has 2 aromatic rings. The van der Waals surface area contributed by atoms with Crippen molar-refractivity contribution in [1.29, 1.82) is 0 Å².